The van der Waals surface area contributed by atoms with Gasteiger partial charge in [-0.05, 0) is 53.9 Å². The van der Waals surface area contributed by atoms with Gasteiger partial charge < -0.3 is 15.4 Å². The minimum Gasteiger partial charge on any atom is -0.466 e. The predicted octanol–water partition coefficient (Wildman–Crippen LogP) is 5.02. The van der Waals surface area contributed by atoms with Gasteiger partial charge in [-0.25, -0.2) is 9.59 Å². The number of hydrogen-bond donors (Lipinski definition) is 2. The fourth-order valence-electron chi connectivity index (χ4n) is 4.23. The number of amides is 3. The number of carbonyl (C=O) groups is 3. The number of urea groups is 1. The lowest BCUT2D eigenvalue weighted by Crippen LogP contribution is -2.48. The van der Waals surface area contributed by atoms with Gasteiger partial charge in [0.2, 0.25) is 0 Å². The van der Waals surface area contributed by atoms with Crippen molar-refractivity contribution in [2.75, 3.05) is 19.0 Å². The molecular weight excluding hydrogens is 430 g/mol. The van der Waals surface area contributed by atoms with E-state index in [1.807, 2.05) is 49.4 Å². The van der Waals surface area contributed by atoms with Crippen LogP contribution in [0.5, 0.6) is 0 Å². The molecule has 1 aliphatic rings. The Balaban J connectivity index is 1.63. The highest BCUT2D eigenvalue weighted by Crippen LogP contribution is 2.32. The summed E-state index contributed by atoms with van der Waals surface area (Å²) in [5.41, 5.74) is 2.70. The number of nitrogens with zero attached hydrogens (tertiary/aromatic N) is 1. The number of carbonyl (C=O) groups excluding carboxylic acids is 3. The Morgan fingerprint density at radius 1 is 1.03 bits per heavy atom. The second-order valence-corrected chi connectivity index (χ2v) is 8.17. The van der Waals surface area contributed by atoms with Crippen LogP contribution in [0.15, 0.2) is 78.0 Å². The molecule has 34 heavy (non-hydrogen) atoms. The number of fused-ring (bicyclic) bond motifs is 1. The normalized spacial score (nSPS) is 15.8. The third kappa shape index (κ3) is 4.50. The van der Waals surface area contributed by atoms with E-state index in [1.54, 1.807) is 36.1 Å². The van der Waals surface area contributed by atoms with Crippen molar-refractivity contribution in [3.05, 3.63) is 89.1 Å². The summed E-state index contributed by atoms with van der Waals surface area (Å²) in [6, 6.07) is 19.5. The summed E-state index contributed by atoms with van der Waals surface area (Å²) in [6.07, 6.45) is 0.750. The van der Waals surface area contributed by atoms with Gasteiger partial charge in [0, 0.05) is 23.5 Å². The Hall–Kier alpha value is -4.13. The minimum absolute atomic E-state index is 0.246. The van der Waals surface area contributed by atoms with Crippen molar-refractivity contribution >= 4 is 34.4 Å². The molecule has 0 saturated heterocycles. The second kappa shape index (κ2) is 9.79. The highest BCUT2D eigenvalue weighted by Gasteiger charge is 2.36. The van der Waals surface area contributed by atoms with Crippen molar-refractivity contribution < 1.29 is 19.1 Å². The van der Waals surface area contributed by atoms with Crippen LogP contribution >= 0.6 is 0 Å². The molecule has 0 bridgehead atoms. The number of nitrogens with one attached hydrogen (secondary N) is 2. The van der Waals surface area contributed by atoms with E-state index in [1.165, 1.54) is 7.11 Å². The Kier molecular flexibility index (Phi) is 6.63. The van der Waals surface area contributed by atoms with Crippen LogP contribution in [0.4, 0.5) is 10.5 Å². The summed E-state index contributed by atoms with van der Waals surface area (Å²) in [5, 5.41) is 7.87. The van der Waals surface area contributed by atoms with Crippen molar-refractivity contribution in [3.63, 3.8) is 0 Å². The monoisotopic (exact) mass is 457 g/mol. The molecule has 0 aromatic heterocycles. The van der Waals surface area contributed by atoms with Gasteiger partial charge in [-0.2, -0.15) is 0 Å². The van der Waals surface area contributed by atoms with Gasteiger partial charge in [0.15, 0.2) is 0 Å². The van der Waals surface area contributed by atoms with Crippen LogP contribution in [-0.2, 0) is 9.53 Å². The zero-order chi connectivity index (χ0) is 24.2. The van der Waals surface area contributed by atoms with E-state index in [2.05, 4.69) is 10.6 Å². The molecule has 3 aromatic carbocycles. The molecule has 7 heteroatoms. The Labute approximate surface area is 198 Å². The first kappa shape index (κ1) is 23.0. The molecular formula is C27H27N3O4. The molecule has 2 N–H and O–H groups in total. The first-order valence-corrected chi connectivity index (χ1v) is 11.2. The zero-order valence-corrected chi connectivity index (χ0v) is 19.4. The average molecular weight is 458 g/mol. The summed E-state index contributed by atoms with van der Waals surface area (Å²) in [6.45, 7) is 4.21. The number of hydrogen-bond acceptors (Lipinski definition) is 4. The van der Waals surface area contributed by atoms with Crippen molar-refractivity contribution in [1.29, 1.82) is 0 Å². The Morgan fingerprint density at radius 2 is 1.79 bits per heavy atom. The molecule has 0 unspecified atom stereocenters. The largest absolute Gasteiger partial charge is 0.466 e. The molecule has 3 amide bonds. The molecule has 1 aliphatic heterocycles. The maximum Gasteiger partial charge on any atom is 0.337 e. The fourth-order valence-corrected chi connectivity index (χ4v) is 4.23. The standard InChI is InChI=1S/C27H27N3O4/c1-4-14-30-17(2)23(26(32)34-3)24(29-27(30)33)20-10-7-11-22(16-20)28-25(31)21-13-12-18-8-5-6-9-19(18)15-21/h5-13,15-16,24H,4,14H2,1-3H3,(H,28,31)(H,29,33)/t24-/m1/s1. The third-order valence-electron chi connectivity index (χ3n) is 5.94. The zero-order valence-electron chi connectivity index (χ0n) is 19.4. The van der Waals surface area contributed by atoms with E-state index in [0.717, 1.165) is 17.2 Å². The van der Waals surface area contributed by atoms with Gasteiger partial charge in [0.05, 0.1) is 18.7 Å². The SMILES string of the molecule is CCCN1C(=O)N[C@H](c2cccc(NC(=O)c3ccc4ccccc4c3)c2)C(C(=O)OC)=C1C. The van der Waals surface area contributed by atoms with Crippen LogP contribution in [0.25, 0.3) is 10.8 Å². The van der Waals surface area contributed by atoms with Crippen molar-refractivity contribution in [1.82, 2.24) is 10.2 Å². The second-order valence-electron chi connectivity index (χ2n) is 8.17. The highest BCUT2D eigenvalue weighted by atomic mass is 16.5. The van der Waals surface area contributed by atoms with Gasteiger partial charge in [-0.3, -0.25) is 9.69 Å². The molecule has 7 nitrogen and oxygen atoms in total. The quantitative estimate of drug-likeness (QED) is 0.509. The first-order valence-electron chi connectivity index (χ1n) is 11.2. The van der Waals surface area contributed by atoms with Crippen molar-refractivity contribution in [2.24, 2.45) is 0 Å². The van der Waals surface area contributed by atoms with Gasteiger partial charge in [0.1, 0.15) is 0 Å². The summed E-state index contributed by atoms with van der Waals surface area (Å²) in [5.74, 6) is -0.751. The lowest BCUT2D eigenvalue weighted by Gasteiger charge is -2.35. The number of benzene rings is 3. The van der Waals surface area contributed by atoms with Crippen LogP contribution in [0, 0.1) is 0 Å². The molecule has 1 heterocycles. The number of anilines is 1. The van der Waals surface area contributed by atoms with Crippen molar-refractivity contribution in [3.8, 4) is 0 Å². The first-order chi connectivity index (χ1) is 16.4. The molecule has 0 fully saturated rings. The van der Waals surface area contributed by atoms with Crippen LogP contribution in [0.2, 0.25) is 0 Å². The smallest absolute Gasteiger partial charge is 0.337 e. The number of allylic oxidation sites excluding steroid dienone is 1. The lowest BCUT2D eigenvalue weighted by molar-refractivity contribution is -0.136. The molecule has 1 atom stereocenters. The van der Waals surface area contributed by atoms with Crippen LogP contribution in [0.3, 0.4) is 0 Å². The maximum absolute atomic E-state index is 12.9. The molecule has 0 spiro atoms. The van der Waals surface area contributed by atoms with Crippen LogP contribution in [0.1, 0.15) is 42.2 Å². The molecule has 3 aromatic rings. The molecule has 0 aliphatic carbocycles. The topological polar surface area (TPSA) is 87.7 Å². The van der Waals surface area contributed by atoms with Gasteiger partial charge >= 0.3 is 12.0 Å². The summed E-state index contributed by atoms with van der Waals surface area (Å²) < 4.78 is 5.02. The number of esters is 1. The van der Waals surface area contributed by atoms with E-state index < -0.39 is 12.0 Å². The number of methoxy groups -OCH3 is 1. The van der Waals surface area contributed by atoms with Gasteiger partial charge in [-0.15, -0.1) is 0 Å². The van der Waals surface area contributed by atoms with E-state index in [0.29, 0.717) is 34.6 Å². The van der Waals surface area contributed by atoms with Crippen molar-refractivity contribution in [2.45, 2.75) is 26.3 Å². The van der Waals surface area contributed by atoms with E-state index in [9.17, 15) is 14.4 Å². The van der Waals surface area contributed by atoms with E-state index in [-0.39, 0.29) is 11.9 Å². The van der Waals surface area contributed by atoms with Gasteiger partial charge in [0.25, 0.3) is 5.91 Å². The fraction of sp³-hybridized carbons (Fsp3) is 0.222. The molecule has 0 radical (unpaired) electrons. The summed E-state index contributed by atoms with van der Waals surface area (Å²) in [4.78, 5) is 39.9. The van der Waals surface area contributed by atoms with Crippen LogP contribution in [-0.4, -0.2) is 36.5 Å². The van der Waals surface area contributed by atoms with Gasteiger partial charge in [-0.1, -0.05) is 49.4 Å². The predicted molar refractivity (Wildman–Crippen MR) is 131 cm³/mol. The average Bonchev–Trinajstić information content (AvgIpc) is 2.85. The Bertz CT molecular complexity index is 1300. The molecule has 4 rings (SSSR count). The number of rotatable bonds is 6. The van der Waals surface area contributed by atoms with E-state index in [4.69, 9.17) is 4.74 Å². The third-order valence-corrected chi connectivity index (χ3v) is 5.94. The summed E-state index contributed by atoms with van der Waals surface area (Å²) in [7, 11) is 1.32. The minimum atomic E-state index is -0.689. The summed E-state index contributed by atoms with van der Waals surface area (Å²) >= 11 is 0. The van der Waals surface area contributed by atoms with E-state index >= 15 is 0 Å². The number of ether oxygens (including phenoxy) is 1. The molecule has 0 saturated carbocycles. The highest BCUT2D eigenvalue weighted by molar-refractivity contribution is 6.06. The lowest BCUT2D eigenvalue weighted by atomic mass is 9.94. The molecule has 174 valence electrons. The van der Waals surface area contributed by atoms with Crippen LogP contribution < -0.4 is 10.6 Å². The Morgan fingerprint density at radius 3 is 2.53 bits per heavy atom. The maximum atomic E-state index is 12.9.